The molecule has 0 radical (unpaired) electrons. The molecule has 8 heteroatoms. The molecule has 0 aromatic rings. The highest BCUT2D eigenvalue weighted by Gasteiger charge is 2.34. The smallest absolute Gasteiger partial charge is 0.379 e. The Morgan fingerprint density at radius 2 is 2.09 bits per heavy atom. The fourth-order valence-corrected chi connectivity index (χ4v) is 3.14. The molecule has 1 saturated carbocycles. The second-order valence-electron chi connectivity index (χ2n) is 6.71. The van der Waals surface area contributed by atoms with E-state index in [-0.39, 0.29) is 17.5 Å². The zero-order valence-electron chi connectivity index (χ0n) is 13.4. The summed E-state index contributed by atoms with van der Waals surface area (Å²) in [6.07, 6.45) is -0.827. The molecule has 3 unspecified atom stereocenters. The molecule has 2 rings (SSSR count). The van der Waals surface area contributed by atoms with Crippen molar-refractivity contribution >= 4 is 6.03 Å². The Morgan fingerprint density at radius 3 is 2.74 bits per heavy atom. The largest absolute Gasteiger partial charge is 0.411 e. The minimum absolute atomic E-state index is 0.0792. The number of carbonyl (C=O) groups is 1. The predicted molar refractivity (Wildman–Crippen MR) is 78.1 cm³/mol. The zero-order chi connectivity index (χ0) is 16.9. The van der Waals surface area contributed by atoms with Crippen LogP contribution in [0.2, 0.25) is 0 Å². The topological polar surface area (TPSA) is 59.6 Å². The Morgan fingerprint density at radius 1 is 1.35 bits per heavy atom. The molecule has 1 aliphatic heterocycles. The summed E-state index contributed by atoms with van der Waals surface area (Å²) < 4.78 is 47.2. The number of halogens is 3. The third kappa shape index (κ3) is 6.18. The highest BCUT2D eigenvalue weighted by molar-refractivity contribution is 5.74. The summed E-state index contributed by atoms with van der Waals surface area (Å²) >= 11 is 0. The number of rotatable bonds is 5. The van der Waals surface area contributed by atoms with Crippen LogP contribution >= 0.6 is 0 Å². The fraction of sp³-hybridized carbons (Fsp3) is 0.933. The van der Waals surface area contributed by atoms with Crippen LogP contribution in [-0.2, 0) is 9.47 Å². The lowest BCUT2D eigenvalue weighted by Crippen LogP contribution is -2.52. The van der Waals surface area contributed by atoms with Gasteiger partial charge in [-0.05, 0) is 26.2 Å². The number of hydrogen-bond acceptors (Lipinski definition) is 3. The normalized spacial score (nSPS) is 31.8. The average molecular weight is 338 g/mol. The van der Waals surface area contributed by atoms with Crippen molar-refractivity contribution < 1.29 is 27.4 Å². The van der Waals surface area contributed by atoms with Crippen molar-refractivity contribution in [3.05, 3.63) is 0 Å². The first-order chi connectivity index (χ1) is 10.8. The molecule has 2 amide bonds. The molecule has 3 atom stereocenters. The van der Waals surface area contributed by atoms with E-state index in [1.54, 1.807) is 0 Å². The Bertz CT molecular complexity index is 398. The molecule has 2 N–H and O–H groups in total. The van der Waals surface area contributed by atoms with Gasteiger partial charge in [-0.25, -0.2) is 4.79 Å². The Kier molecular flexibility index (Phi) is 6.13. The van der Waals surface area contributed by atoms with Crippen LogP contribution < -0.4 is 10.6 Å². The lowest BCUT2D eigenvalue weighted by molar-refractivity contribution is -0.193. The van der Waals surface area contributed by atoms with Crippen LogP contribution in [0.15, 0.2) is 0 Å². The third-order valence-electron chi connectivity index (χ3n) is 4.46. The molecule has 0 spiro atoms. The summed E-state index contributed by atoms with van der Waals surface area (Å²) in [6, 6.07) is -0.307. The van der Waals surface area contributed by atoms with Crippen LogP contribution in [0.25, 0.3) is 0 Å². The van der Waals surface area contributed by atoms with Crippen LogP contribution in [0.4, 0.5) is 18.0 Å². The molecule has 1 saturated heterocycles. The van der Waals surface area contributed by atoms with Crippen molar-refractivity contribution in [3.63, 3.8) is 0 Å². The van der Waals surface area contributed by atoms with Gasteiger partial charge in [-0.2, -0.15) is 13.2 Å². The van der Waals surface area contributed by atoms with Crippen molar-refractivity contribution in [1.82, 2.24) is 10.6 Å². The molecule has 0 bridgehead atoms. The summed E-state index contributed by atoms with van der Waals surface area (Å²) in [5.74, 6) is -0.0792. The van der Waals surface area contributed by atoms with Crippen molar-refractivity contribution in [3.8, 4) is 0 Å². The van der Waals surface area contributed by atoms with Crippen LogP contribution in [0, 0.1) is 5.92 Å². The molecule has 0 aromatic carbocycles. The van der Waals surface area contributed by atoms with Gasteiger partial charge >= 0.3 is 12.2 Å². The standard InChI is InChI=1S/C15H25F3N2O3/c1-14(6-7-22-9-14)20-13(21)19-8-11-4-2-3-5-12(11)23-10-15(16,17)18/h11-12H,2-10H2,1H3,(H2,19,20,21). The van der Waals surface area contributed by atoms with Crippen LogP contribution in [-0.4, -0.2) is 50.2 Å². The van der Waals surface area contributed by atoms with E-state index in [1.807, 2.05) is 6.92 Å². The molecule has 23 heavy (non-hydrogen) atoms. The van der Waals surface area contributed by atoms with Gasteiger partial charge in [0.05, 0.1) is 18.2 Å². The number of urea groups is 1. The molecule has 2 aliphatic rings. The number of hydrogen-bond donors (Lipinski definition) is 2. The molecule has 2 fully saturated rings. The summed E-state index contributed by atoms with van der Waals surface area (Å²) in [7, 11) is 0. The number of nitrogens with one attached hydrogen (secondary N) is 2. The van der Waals surface area contributed by atoms with Gasteiger partial charge in [-0.3, -0.25) is 0 Å². The van der Waals surface area contributed by atoms with E-state index in [1.165, 1.54) is 0 Å². The second kappa shape index (κ2) is 7.70. The summed E-state index contributed by atoms with van der Waals surface area (Å²) in [5, 5.41) is 5.63. The van der Waals surface area contributed by atoms with Crippen molar-refractivity contribution in [2.24, 2.45) is 5.92 Å². The van der Waals surface area contributed by atoms with Gasteiger partial charge in [-0.1, -0.05) is 12.8 Å². The number of alkyl halides is 3. The maximum absolute atomic E-state index is 12.3. The minimum atomic E-state index is -4.32. The number of carbonyl (C=O) groups excluding carboxylic acids is 1. The van der Waals surface area contributed by atoms with E-state index in [4.69, 9.17) is 9.47 Å². The number of ether oxygens (including phenoxy) is 2. The Labute approximate surface area is 134 Å². The maximum Gasteiger partial charge on any atom is 0.411 e. The van der Waals surface area contributed by atoms with E-state index >= 15 is 0 Å². The van der Waals surface area contributed by atoms with Crippen molar-refractivity contribution in [1.29, 1.82) is 0 Å². The summed E-state index contributed by atoms with van der Waals surface area (Å²) in [5.41, 5.74) is -0.372. The van der Waals surface area contributed by atoms with Crippen LogP contribution in [0.5, 0.6) is 0 Å². The van der Waals surface area contributed by atoms with Crippen LogP contribution in [0.3, 0.4) is 0 Å². The van der Waals surface area contributed by atoms with Gasteiger partial charge in [0.15, 0.2) is 0 Å². The Hall–Kier alpha value is -1.02. The van der Waals surface area contributed by atoms with E-state index in [0.29, 0.717) is 26.2 Å². The molecular formula is C15H25F3N2O3. The van der Waals surface area contributed by atoms with E-state index in [0.717, 1.165) is 25.7 Å². The quantitative estimate of drug-likeness (QED) is 0.810. The average Bonchev–Trinajstić information content (AvgIpc) is 2.89. The maximum atomic E-state index is 12.3. The van der Waals surface area contributed by atoms with Gasteiger partial charge in [0.2, 0.25) is 0 Å². The lowest BCUT2D eigenvalue weighted by atomic mass is 9.86. The van der Waals surface area contributed by atoms with Gasteiger partial charge in [0, 0.05) is 19.1 Å². The highest BCUT2D eigenvalue weighted by Crippen LogP contribution is 2.28. The number of amides is 2. The van der Waals surface area contributed by atoms with Crippen LogP contribution in [0.1, 0.15) is 39.0 Å². The molecule has 134 valence electrons. The van der Waals surface area contributed by atoms with Gasteiger partial charge in [0.1, 0.15) is 6.61 Å². The van der Waals surface area contributed by atoms with Crippen molar-refractivity contribution in [2.75, 3.05) is 26.4 Å². The predicted octanol–water partition coefficient (Wildman–Crippen LogP) is 2.60. The second-order valence-corrected chi connectivity index (χ2v) is 6.71. The third-order valence-corrected chi connectivity index (χ3v) is 4.46. The van der Waals surface area contributed by atoms with Crippen molar-refractivity contribution in [2.45, 2.75) is 56.8 Å². The fourth-order valence-electron chi connectivity index (χ4n) is 3.14. The summed E-state index contributed by atoms with van der Waals surface area (Å²) in [6.45, 7) is 2.10. The first-order valence-electron chi connectivity index (χ1n) is 8.10. The minimum Gasteiger partial charge on any atom is -0.379 e. The Balaban J connectivity index is 1.76. The molecule has 5 nitrogen and oxygen atoms in total. The zero-order valence-corrected chi connectivity index (χ0v) is 13.4. The molecular weight excluding hydrogens is 313 g/mol. The highest BCUT2D eigenvalue weighted by atomic mass is 19.4. The van der Waals surface area contributed by atoms with Gasteiger partial charge in [-0.15, -0.1) is 0 Å². The first-order valence-corrected chi connectivity index (χ1v) is 8.10. The van der Waals surface area contributed by atoms with E-state index < -0.39 is 18.9 Å². The van der Waals surface area contributed by atoms with E-state index in [2.05, 4.69) is 10.6 Å². The van der Waals surface area contributed by atoms with Gasteiger partial charge in [0.25, 0.3) is 0 Å². The lowest BCUT2D eigenvalue weighted by Gasteiger charge is -2.32. The van der Waals surface area contributed by atoms with Gasteiger partial charge < -0.3 is 20.1 Å². The summed E-state index contributed by atoms with van der Waals surface area (Å²) in [4.78, 5) is 12.0. The monoisotopic (exact) mass is 338 g/mol. The molecule has 0 aromatic heterocycles. The SMILES string of the molecule is CC1(NC(=O)NCC2CCCCC2OCC(F)(F)F)CCOC1. The molecule has 1 heterocycles. The molecule has 1 aliphatic carbocycles. The van der Waals surface area contributed by atoms with E-state index in [9.17, 15) is 18.0 Å². The first kappa shape index (κ1) is 18.3.